The van der Waals surface area contributed by atoms with Gasteiger partial charge >= 0.3 is 0 Å². The molecule has 0 spiro atoms. The maximum Gasteiger partial charge on any atom is 0.269 e. The number of para-hydroxylation sites is 1. The fourth-order valence-electron chi connectivity index (χ4n) is 2.78. The maximum atomic E-state index is 12.2. The van der Waals surface area contributed by atoms with Gasteiger partial charge in [0.2, 0.25) is 0 Å². The van der Waals surface area contributed by atoms with Crippen LogP contribution in [0.25, 0.3) is 20.8 Å². The van der Waals surface area contributed by atoms with Crippen molar-refractivity contribution >= 4 is 33.1 Å². The molecule has 0 radical (unpaired) electrons. The van der Waals surface area contributed by atoms with E-state index < -0.39 is 4.92 Å². The van der Waals surface area contributed by atoms with E-state index in [0.717, 1.165) is 26.4 Å². The molecule has 28 heavy (non-hydrogen) atoms. The second-order valence-corrected chi connectivity index (χ2v) is 7.20. The zero-order valence-corrected chi connectivity index (χ0v) is 15.5. The van der Waals surface area contributed by atoms with Gasteiger partial charge in [0.05, 0.1) is 15.1 Å². The van der Waals surface area contributed by atoms with E-state index in [4.69, 9.17) is 0 Å². The number of thiazole rings is 1. The molecule has 0 aliphatic carbocycles. The number of rotatable bonds is 5. The van der Waals surface area contributed by atoms with Gasteiger partial charge < -0.3 is 5.32 Å². The summed E-state index contributed by atoms with van der Waals surface area (Å²) in [5.74, 6) is -0.273. The monoisotopic (exact) mass is 389 g/mol. The lowest BCUT2D eigenvalue weighted by atomic mass is 10.1. The van der Waals surface area contributed by atoms with Crippen LogP contribution in [0.1, 0.15) is 15.9 Å². The number of carbonyl (C=O) groups is 1. The number of fused-ring (bicyclic) bond motifs is 1. The first-order chi connectivity index (χ1) is 13.6. The van der Waals surface area contributed by atoms with Crippen molar-refractivity contribution in [3.05, 3.63) is 94.0 Å². The highest BCUT2D eigenvalue weighted by Gasteiger charge is 2.10. The summed E-state index contributed by atoms with van der Waals surface area (Å²) in [6.45, 7) is 0.371. The van der Waals surface area contributed by atoms with Crippen LogP contribution in [-0.4, -0.2) is 15.8 Å². The van der Waals surface area contributed by atoms with Gasteiger partial charge in [-0.05, 0) is 29.8 Å². The van der Waals surface area contributed by atoms with Crippen LogP contribution in [0.4, 0.5) is 5.69 Å². The molecule has 4 aromatic rings. The summed E-state index contributed by atoms with van der Waals surface area (Å²) in [7, 11) is 0. The molecule has 1 N–H and O–H groups in total. The van der Waals surface area contributed by atoms with Gasteiger partial charge in [0.1, 0.15) is 5.01 Å². The maximum absolute atomic E-state index is 12.2. The zero-order valence-electron chi connectivity index (χ0n) is 14.7. The van der Waals surface area contributed by atoms with Gasteiger partial charge in [0.15, 0.2) is 0 Å². The molecule has 3 aromatic carbocycles. The Morgan fingerprint density at radius 3 is 2.39 bits per heavy atom. The third-order valence-electron chi connectivity index (χ3n) is 4.29. The lowest BCUT2D eigenvalue weighted by molar-refractivity contribution is -0.384. The number of nitrogens with one attached hydrogen (secondary N) is 1. The molecule has 1 aromatic heterocycles. The molecule has 1 amide bonds. The van der Waals surface area contributed by atoms with E-state index in [9.17, 15) is 14.9 Å². The smallest absolute Gasteiger partial charge is 0.269 e. The molecule has 4 rings (SSSR count). The molecular weight excluding hydrogens is 374 g/mol. The van der Waals surface area contributed by atoms with Gasteiger partial charge in [-0.1, -0.05) is 36.4 Å². The van der Waals surface area contributed by atoms with E-state index in [0.29, 0.717) is 12.1 Å². The fourth-order valence-corrected chi connectivity index (χ4v) is 3.75. The molecule has 138 valence electrons. The quantitative estimate of drug-likeness (QED) is 0.392. The molecular formula is C21H15N3O3S. The predicted octanol–water partition coefficient (Wildman–Crippen LogP) is 4.80. The van der Waals surface area contributed by atoms with Gasteiger partial charge in [-0.25, -0.2) is 4.98 Å². The van der Waals surface area contributed by atoms with Crippen molar-refractivity contribution in [2.45, 2.75) is 6.54 Å². The van der Waals surface area contributed by atoms with Crippen LogP contribution >= 0.6 is 11.3 Å². The zero-order chi connectivity index (χ0) is 19.5. The second kappa shape index (κ2) is 7.58. The summed E-state index contributed by atoms with van der Waals surface area (Å²) < 4.78 is 1.15. The van der Waals surface area contributed by atoms with E-state index in [1.807, 2.05) is 42.5 Å². The summed E-state index contributed by atoms with van der Waals surface area (Å²) in [6, 6.07) is 21.5. The van der Waals surface area contributed by atoms with Gasteiger partial charge in [-0.3, -0.25) is 14.9 Å². The Morgan fingerprint density at radius 2 is 1.71 bits per heavy atom. The number of nitro benzene ring substituents is 1. The average Bonchev–Trinajstić information content (AvgIpc) is 3.16. The number of aromatic nitrogens is 1. The number of carbonyl (C=O) groups excluding carboxylic acids is 1. The standard InChI is InChI=1S/C21H15N3O3S/c25-20(15-9-11-17(12-10-15)24(26)27)22-13-14-5-7-16(8-6-14)21-23-18-3-1-2-4-19(18)28-21/h1-12H,13H2,(H,22,25). The minimum atomic E-state index is -0.491. The molecule has 0 bridgehead atoms. The number of nitro groups is 1. The Kier molecular flexibility index (Phi) is 4.82. The molecule has 6 nitrogen and oxygen atoms in total. The van der Waals surface area contributed by atoms with Gasteiger partial charge in [0, 0.05) is 29.8 Å². The van der Waals surface area contributed by atoms with Crippen molar-refractivity contribution in [1.82, 2.24) is 10.3 Å². The number of non-ortho nitro benzene ring substituents is 1. The first-order valence-corrected chi connectivity index (χ1v) is 9.39. The SMILES string of the molecule is O=C(NCc1ccc(-c2nc3ccccc3s2)cc1)c1ccc([N+](=O)[O-])cc1. The summed E-state index contributed by atoms with van der Waals surface area (Å²) in [5.41, 5.74) is 3.33. The molecule has 7 heteroatoms. The highest BCUT2D eigenvalue weighted by molar-refractivity contribution is 7.21. The number of hydrogen-bond donors (Lipinski definition) is 1. The number of amides is 1. The van der Waals surface area contributed by atoms with E-state index >= 15 is 0 Å². The first-order valence-electron chi connectivity index (χ1n) is 8.58. The van der Waals surface area contributed by atoms with Crippen LogP contribution in [0.3, 0.4) is 0 Å². The summed E-state index contributed by atoms with van der Waals surface area (Å²) in [4.78, 5) is 27.0. The van der Waals surface area contributed by atoms with Crippen LogP contribution in [0, 0.1) is 10.1 Å². The highest BCUT2D eigenvalue weighted by atomic mass is 32.1. The van der Waals surface area contributed by atoms with Crippen LogP contribution in [0.5, 0.6) is 0 Å². The van der Waals surface area contributed by atoms with Gasteiger partial charge in [-0.15, -0.1) is 11.3 Å². The average molecular weight is 389 g/mol. The third kappa shape index (κ3) is 3.74. The topological polar surface area (TPSA) is 85.1 Å². The van der Waals surface area contributed by atoms with Crippen molar-refractivity contribution < 1.29 is 9.72 Å². The largest absolute Gasteiger partial charge is 0.348 e. The highest BCUT2D eigenvalue weighted by Crippen LogP contribution is 2.30. The number of benzene rings is 3. The predicted molar refractivity (Wildman–Crippen MR) is 109 cm³/mol. The van der Waals surface area contributed by atoms with Crippen LogP contribution in [0.2, 0.25) is 0 Å². The Bertz CT molecular complexity index is 1120. The molecule has 0 unspecified atom stereocenters. The van der Waals surface area contributed by atoms with E-state index in [-0.39, 0.29) is 11.6 Å². The number of hydrogen-bond acceptors (Lipinski definition) is 5. The minimum Gasteiger partial charge on any atom is -0.348 e. The Balaban J connectivity index is 1.41. The Labute approximate surface area is 164 Å². The molecule has 0 aliphatic rings. The summed E-state index contributed by atoms with van der Waals surface area (Å²) in [6.07, 6.45) is 0. The van der Waals surface area contributed by atoms with Crippen LogP contribution in [0.15, 0.2) is 72.8 Å². The summed E-state index contributed by atoms with van der Waals surface area (Å²) in [5, 5.41) is 14.5. The van der Waals surface area contributed by atoms with Crippen LogP contribution < -0.4 is 5.32 Å². The van der Waals surface area contributed by atoms with Crippen molar-refractivity contribution in [3.63, 3.8) is 0 Å². The lowest BCUT2D eigenvalue weighted by Crippen LogP contribution is -2.22. The van der Waals surface area contributed by atoms with Gasteiger partial charge in [0.25, 0.3) is 11.6 Å². The molecule has 1 heterocycles. The van der Waals surface area contributed by atoms with E-state index in [1.54, 1.807) is 11.3 Å². The molecule has 0 saturated heterocycles. The van der Waals surface area contributed by atoms with Crippen molar-refractivity contribution in [2.75, 3.05) is 0 Å². The van der Waals surface area contributed by atoms with Crippen molar-refractivity contribution in [3.8, 4) is 10.6 Å². The van der Waals surface area contributed by atoms with Crippen LogP contribution in [-0.2, 0) is 6.54 Å². The fraction of sp³-hybridized carbons (Fsp3) is 0.0476. The normalized spacial score (nSPS) is 10.7. The Morgan fingerprint density at radius 1 is 1.00 bits per heavy atom. The molecule has 0 atom stereocenters. The number of nitrogens with zero attached hydrogens (tertiary/aromatic N) is 2. The third-order valence-corrected chi connectivity index (χ3v) is 5.37. The van der Waals surface area contributed by atoms with Gasteiger partial charge in [-0.2, -0.15) is 0 Å². The summed E-state index contributed by atoms with van der Waals surface area (Å²) >= 11 is 1.65. The minimum absolute atomic E-state index is 0.0398. The van der Waals surface area contributed by atoms with E-state index in [2.05, 4.69) is 16.4 Å². The molecule has 0 aliphatic heterocycles. The lowest BCUT2D eigenvalue weighted by Gasteiger charge is -2.06. The van der Waals surface area contributed by atoms with Crippen molar-refractivity contribution in [2.24, 2.45) is 0 Å². The van der Waals surface area contributed by atoms with Crippen molar-refractivity contribution in [1.29, 1.82) is 0 Å². The first kappa shape index (κ1) is 17.8. The van der Waals surface area contributed by atoms with E-state index in [1.165, 1.54) is 24.3 Å². The molecule has 0 saturated carbocycles. The second-order valence-electron chi connectivity index (χ2n) is 6.17. The molecule has 0 fully saturated rings. The Hall–Kier alpha value is -3.58.